The molecule has 4 aromatic rings. The zero-order valence-corrected chi connectivity index (χ0v) is 64.8. The van der Waals surface area contributed by atoms with Gasteiger partial charge in [0.05, 0.1) is 11.4 Å². The standard InChI is InChI=1S/2C37H51N3O2.2HI.2Ti/c2*1-20(2)28-16-24(9)17-29(21(3)4)34(28)36(41)38-26(11)32-14-13-15-33(40-32)27(12)39-37(42)35-30(22(5)6)18-25(10)19-31(35)23(7)8;;;;/h2*13-14,16-23,40H,15H2,1-12H3,(H,38,41)(H,39,42);2*1H;;/q;;;;+2;+4/p-2. The third kappa shape index (κ3) is 20.9. The second kappa shape index (κ2) is 36.1. The van der Waals surface area contributed by atoms with Gasteiger partial charge >= 0.3 is 43.4 Å². The molecule has 4 aromatic carbocycles. The van der Waals surface area contributed by atoms with E-state index in [9.17, 15) is 19.2 Å². The molecule has 6 rings (SSSR count). The van der Waals surface area contributed by atoms with Gasteiger partial charge in [0, 0.05) is 69.3 Å². The quantitative estimate of drug-likeness (QED) is 0.0488. The molecular formula is C74H102I2N6O4Ti2+4. The normalized spacial score (nSPS) is 15.1. The predicted molar refractivity (Wildman–Crippen MR) is 352 cm³/mol. The second-order valence-corrected chi connectivity index (χ2v) is 26.1. The fraction of sp³-hybridized carbons (Fsp3) is 0.459. The van der Waals surface area contributed by atoms with E-state index >= 15 is 0 Å². The van der Waals surface area contributed by atoms with Crippen LogP contribution in [0, 0.1) is 27.7 Å². The van der Waals surface area contributed by atoms with Crippen molar-refractivity contribution in [3.05, 3.63) is 207 Å². The topological polar surface area (TPSA) is 140 Å². The van der Waals surface area contributed by atoms with Gasteiger partial charge in [0.25, 0.3) is 23.6 Å². The molecule has 14 heteroatoms. The first kappa shape index (κ1) is 81.7. The molecule has 0 atom stereocenters. The molecule has 0 saturated heterocycles. The van der Waals surface area contributed by atoms with Crippen molar-refractivity contribution in [1.29, 1.82) is 0 Å². The molecular weight excluding hydrogens is 1390 g/mol. The van der Waals surface area contributed by atoms with E-state index < -0.39 is 0 Å². The Morgan fingerprint density at radius 1 is 0.341 bits per heavy atom. The number of carbonyl (C=O) groups is 4. The summed E-state index contributed by atoms with van der Waals surface area (Å²) in [4.78, 5) is 54.8. The number of nitrogens with one attached hydrogen (secondary N) is 6. The first-order chi connectivity index (χ1) is 39.2. The Morgan fingerprint density at radius 3 is 0.682 bits per heavy atom. The molecule has 0 aromatic heterocycles. The van der Waals surface area contributed by atoms with Crippen molar-refractivity contribution in [3.63, 3.8) is 0 Å². The van der Waals surface area contributed by atoms with Crippen LogP contribution in [0.2, 0.25) is 0 Å². The van der Waals surface area contributed by atoms with Gasteiger partial charge < -0.3 is 79.9 Å². The van der Waals surface area contributed by atoms with Crippen molar-refractivity contribution < 1.29 is 111 Å². The van der Waals surface area contributed by atoms with Gasteiger partial charge in [-0.15, -0.1) is 0 Å². The van der Waals surface area contributed by atoms with Crippen LogP contribution in [0.3, 0.4) is 0 Å². The Kier molecular flexibility index (Phi) is 33.5. The maximum Gasteiger partial charge on any atom is 4.00 e. The number of hydrogen-bond acceptors (Lipinski definition) is 6. The van der Waals surface area contributed by atoms with Crippen LogP contribution in [0.1, 0.15) is 307 Å². The van der Waals surface area contributed by atoms with Crippen LogP contribution in [0.25, 0.3) is 0 Å². The van der Waals surface area contributed by atoms with Crippen LogP contribution in [0.15, 0.2) is 118 Å². The Morgan fingerprint density at radius 2 is 0.511 bits per heavy atom. The van der Waals surface area contributed by atoms with Gasteiger partial charge in [-0.3, -0.25) is 19.2 Å². The molecule has 6 N–H and O–H groups in total. The molecule has 2 heterocycles. The zero-order valence-electron chi connectivity index (χ0n) is 57.4. The minimum absolute atomic E-state index is 0. The summed E-state index contributed by atoms with van der Waals surface area (Å²) in [6, 6.07) is 17.0. The number of amides is 4. The van der Waals surface area contributed by atoms with E-state index in [2.05, 4.69) is 231 Å². The maximum atomic E-state index is 13.7. The number of aryl methyl sites for hydroxylation is 4. The Hall–Kier alpha value is -4.31. The summed E-state index contributed by atoms with van der Waals surface area (Å²) in [5.41, 5.74) is 22.8. The molecule has 0 unspecified atom stereocenters. The zero-order chi connectivity index (χ0) is 62.9. The van der Waals surface area contributed by atoms with Gasteiger partial charge in [-0.05, 0) is 159 Å². The van der Waals surface area contributed by atoms with E-state index in [4.69, 9.17) is 0 Å². The fourth-order valence-corrected chi connectivity index (χ4v) is 11.3. The van der Waals surface area contributed by atoms with E-state index in [1.807, 2.05) is 39.8 Å². The van der Waals surface area contributed by atoms with Gasteiger partial charge in [-0.2, -0.15) is 0 Å². The predicted octanol–water partition coefficient (Wildman–Crippen LogP) is 11.9. The molecule has 0 fully saturated rings. The molecule has 0 saturated carbocycles. The SMILES string of the molecule is CC(NC(=O)c1c(C(C)C)cc(C)cc1C(C)C)=C1C=CCC(=C(C)NC(=O)c2c(C(C)C)cc(C)cc2C(C)C)N1.CC(NC(=O)c1c(C(C)C)cc(C)cc1C(C)C)=C1C=CCC(=C(C)NC(=O)c2c(C(C)C)cc(C)cc2C(C)C)N1.[I-].[I-].[Ti+2].[Ti+4]. The van der Waals surface area contributed by atoms with Gasteiger partial charge in [-0.1, -0.05) is 194 Å². The largest absolute Gasteiger partial charge is 4.00 e. The maximum absolute atomic E-state index is 13.7. The van der Waals surface area contributed by atoms with Gasteiger partial charge in [-0.25, -0.2) is 0 Å². The molecule has 4 amide bonds. The second-order valence-electron chi connectivity index (χ2n) is 26.1. The summed E-state index contributed by atoms with van der Waals surface area (Å²) < 4.78 is 0. The van der Waals surface area contributed by atoms with E-state index in [0.717, 1.165) is 112 Å². The van der Waals surface area contributed by atoms with E-state index in [1.54, 1.807) is 0 Å². The summed E-state index contributed by atoms with van der Waals surface area (Å²) in [6.07, 6.45) is 9.41. The number of rotatable bonds is 16. The molecule has 0 aliphatic carbocycles. The summed E-state index contributed by atoms with van der Waals surface area (Å²) in [5, 5.41) is 19.6. The molecule has 0 bridgehead atoms. The number of allylic oxidation sites excluding steroid dienone is 8. The summed E-state index contributed by atoms with van der Waals surface area (Å²) in [5.74, 6) is 1.48. The van der Waals surface area contributed by atoms with Crippen molar-refractivity contribution >= 4 is 23.6 Å². The summed E-state index contributed by atoms with van der Waals surface area (Å²) >= 11 is 0. The third-order valence-corrected chi connectivity index (χ3v) is 16.0. The summed E-state index contributed by atoms with van der Waals surface area (Å²) in [7, 11) is 0. The van der Waals surface area contributed by atoms with Crippen LogP contribution in [-0.4, -0.2) is 23.6 Å². The minimum atomic E-state index is -0.0921. The van der Waals surface area contributed by atoms with Gasteiger partial charge in [0.15, 0.2) is 0 Å². The minimum Gasteiger partial charge on any atom is -1.00 e. The van der Waals surface area contributed by atoms with Crippen LogP contribution in [0.5, 0.6) is 0 Å². The Balaban J connectivity index is 0.000000842. The average Bonchev–Trinajstić information content (AvgIpc) is 1.92. The van der Waals surface area contributed by atoms with Crippen molar-refractivity contribution in [1.82, 2.24) is 31.9 Å². The Bertz CT molecular complexity index is 3040. The van der Waals surface area contributed by atoms with Crippen LogP contribution < -0.4 is 79.9 Å². The average molecular weight is 1490 g/mol. The molecule has 2 aliphatic rings. The van der Waals surface area contributed by atoms with Crippen LogP contribution in [0.4, 0.5) is 0 Å². The number of carbonyl (C=O) groups excluding carboxylic acids is 4. The van der Waals surface area contributed by atoms with Crippen LogP contribution in [-0.2, 0) is 43.4 Å². The van der Waals surface area contributed by atoms with Crippen LogP contribution >= 0.6 is 0 Å². The van der Waals surface area contributed by atoms with Crippen molar-refractivity contribution in [2.24, 2.45) is 0 Å². The van der Waals surface area contributed by atoms with Crippen molar-refractivity contribution in [3.8, 4) is 0 Å². The summed E-state index contributed by atoms with van der Waals surface area (Å²) in [6.45, 7) is 50.1. The molecule has 10 nitrogen and oxygen atoms in total. The molecule has 0 spiro atoms. The number of hydrogen-bond donors (Lipinski definition) is 6. The molecule has 0 radical (unpaired) electrons. The first-order valence-corrected chi connectivity index (χ1v) is 30.7. The Labute approximate surface area is 594 Å². The third-order valence-electron chi connectivity index (χ3n) is 16.0. The van der Waals surface area contributed by atoms with Gasteiger partial charge in [0.1, 0.15) is 0 Å². The van der Waals surface area contributed by atoms with Gasteiger partial charge in [0.2, 0.25) is 0 Å². The van der Waals surface area contributed by atoms with E-state index in [1.165, 1.54) is 22.3 Å². The van der Waals surface area contributed by atoms with Crippen molar-refractivity contribution in [2.45, 2.75) is 226 Å². The smallest absolute Gasteiger partial charge is 1.00 e. The molecule has 2 aliphatic heterocycles. The molecule has 88 heavy (non-hydrogen) atoms. The number of benzene rings is 4. The van der Waals surface area contributed by atoms with Crippen molar-refractivity contribution in [2.75, 3.05) is 0 Å². The molecule has 470 valence electrons. The fourth-order valence-electron chi connectivity index (χ4n) is 11.3. The van der Waals surface area contributed by atoms with E-state index in [-0.39, 0.29) is 162 Å². The van der Waals surface area contributed by atoms with E-state index in [0.29, 0.717) is 12.8 Å². The number of halogens is 2. The first-order valence-electron chi connectivity index (χ1n) is 30.7. The monoisotopic (exact) mass is 1490 g/mol.